The van der Waals surface area contributed by atoms with E-state index in [9.17, 15) is 4.39 Å². The summed E-state index contributed by atoms with van der Waals surface area (Å²) in [5, 5.41) is 4.15. The number of benzene rings is 2. The lowest BCUT2D eigenvalue weighted by Gasteiger charge is -2.08. The summed E-state index contributed by atoms with van der Waals surface area (Å²) < 4.78 is 17.3. The van der Waals surface area contributed by atoms with E-state index in [1.165, 1.54) is 5.56 Å². The Kier molecular flexibility index (Phi) is 6.51. The first-order valence-corrected chi connectivity index (χ1v) is 7.38. The van der Waals surface area contributed by atoms with E-state index in [1.807, 2.05) is 42.5 Å². The number of hydrogen-bond acceptors (Lipinski definition) is 2. The van der Waals surface area contributed by atoms with Gasteiger partial charge in [0.15, 0.2) is 0 Å². The second kappa shape index (κ2) is 8.65. The summed E-state index contributed by atoms with van der Waals surface area (Å²) in [6, 6.07) is 15.6. The number of rotatable bonds is 8. The largest absolute Gasteiger partial charge is 0.491 e. The van der Waals surface area contributed by atoms with E-state index in [4.69, 9.17) is 16.3 Å². The number of alkyl halides is 1. The van der Waals surface area contributed by atoms with Crippen LogP contribution >= 0.6 is 11.6 Å². The second-order valence-corrected chi connectivity index (χ2v) is 5.18. The zero-order chi connectivity index (χ0) is 14.9. The Bertz CT molecular complexity index is 562. The van der Waals surface area contributed by atoms with Crippen molar-refractivity contribution in [3.63, 3.8) is 0 Å². The minimum atomic E-state index is -0.470. The summed E-state index contributed by atoms with van der Waals surface area (Å²) >= 11 is 5.95. The molecule has 0 fully saturated rings. The molecule has 2 aromatic rings. The van der Waals surface area contributed by atoms with E-state index in [0.29, 0.717) is 5.75 Å². The number of ether oxygens (including phenoxy) is 1. The summed E-state index contributed by atoms with van der Waals surface area (Å²) in [7, 11) is 0. The van der Waals surface area contributed by atoms with E-state index in [2.05, 4.69) is 11.4 Å². The average Bonchev–Trinajstić information content (AvgIpc) is 2.50. The maximum absolute atomic E-state index is 12.1. The van der Waals surface area contributed by atoms with Crippen molar-refractivity contribution < 1.29 is 9.13 Å². The molecule has 2 nitrogen and oxygen atoms in total. The van der Waals surface area contributed by atoms with Gasteiger partial charge in [0, 0.05) is 11.6 Å². The van der Waals surface area contributed by atoms with Gasteiger partial charge in [-0.2, -0.15) is 0 Å². The molecule has 0 aliphatic carbocycles. The molecule has 0 spiro atoms. The van der Waals surface area contributed by atoms with E-state index < -0.39 is 6.67 Å². The fourth-order valence-corrected chi connectivity index (χ4v) is 2.27. The molecule has 0 unspecified atom stereocenters. The van der Waals surface area contributed by atoms with Crippen molar-refractivity contribution in [1.29, 1.82) is 0 Å². The van der Waals surface area contributed by atoms with Gasteiger partial charge >= 0.3 is 0 Å². The maximum atomic E-state index is 12.1. The van der Waals surface area contributed by atoms with E-state index in [1.54, 1.807) is 0 Å². The molecule has 1 N–H and O–H groups in total. The number of halogens is 2. The highest BCUT2D eigenvalue weighted by molar-refractivity contribution is 6.30. The van der Waals surface area contributed by atoms with Crippen molar-refractivity contribution in [2.75, 3.05) is 19.8 Å². The lowest BCUT2D eigenvalue weighted by Crippen LogP contribution is -2.16. The zero-order valence-electron chi connectivity index (χ0n) is 11.8. The van der Waals surface area contributed by atoms with Gasteiger partial charge in [-0.15, -0.1) is 0 Å². The van der Waals surface area contributed by atoms with Crippen molar-refractivity contribution in [2.45, 2.75) is 13.0 Å². The van der Waals surface area contributed by atoms with Crippen LogP contribution in [0, 0.1) is 0 Å². The third kappa shape index (κ3) is 5.74. The Morgan fingerprint density at radius 2 is 1.86 bits per heavy atom. The van der Waals surface area contributed by atoms with Crippen LogP contribution in [0.2, 0.25) is 5.02 Å². The smallest absolute Gasteiger partial charge is 0.123 e. The summed E-state index contributed by atoms with van der Waals surface area (Å²) in [5.74, 6) is 0.710. The Labute approximate surface area is 129 Å². The molecule has 2 rings (SSSR count). The van der Waals surface area contributed by atoms with Gasteiger partial charge in [-0.05, 0) is 48.4 Å². The van der Waals surface area contributed by atoms with Gasteiger partial charge in [0.2, 0.25) is 0 Å². The Morgan fingerprint density at radius 1 is 1.05 bits per heavy atom. The summed E-state index contributed by atoms with van der Waals surface area (Å²) in [5.41, 5.74) is 2.34. The molecule has 112 valence electrons. The van der Waals surface area contributed by atoms with Crippen LogP contribution in [0.4, 0.5) is 4.39 Å². The van der Waals surface area contributed by atoms with Crippen molar-refractivity contribution in [2.24, 2.45) is 0 Å². The van der Waals surface area contributed by atoms with E-state index in [0.717, 1.165) is 30.1 Å². The van der Waals surface area contributed by atoms with Crippen LogP contribution in [0.25, 0.3) is 0 Å². The SMILES string of the molecule is FCCOc1cccc(CNCCc2cccc(Cl)c2)c1. The van der Waals surface area contributed by atoms with Gasteiger partial charge in [-0.3, -0.25) is 0 Å². The van der Waals surface area contributed by atoms with Crippen LogP contribution in [-0.2, 0) is 13.0 Å². The maximum Gasteiger partial charge on any atom is 0.123 e. The van der Waals surface area contributed by atoms with Crippen LogP contribution in [-0.4, -0.2) is 19.8 Å². The Morgan fingerprint density at radius 3 is 2.67 bits per heavy atom. The second-order valence-electron chi connectivity index (χ2n) is 4.74. The molecule has 2 aromatic carbocycles. The van der Waals surface area contributed by atoms with Gasteiger partial charge in [0.1, 0.15) is 19.0 Å². The highest BCUT2D eigenvalue weighted by Crippen LogP contribution is 2.13. The lowest BCUT2D eigenvalue weighted by atomic mass is 10.1. The summed E-state index contributed by atoms with van der Waals surface area (Å²) in [6.45, 7) is 1.26. The van der Waals surface area contributed by atoms with Gasteiger partial charge in [0.05, 0.1) is 0 Å². The van der Waals surface area contributed by atoms with Crippen LogP contribution < -0.4 is 10.1 Å². The molecule has 21 heavy (non-hydrogen) atoms. The first kappa shape index (κ1) is 15.8. The van der Waals surface area contributed by atoms with Gasteiger partial charge in [-0.1, -0.05) is 35.9 Å². The van der Waals surface area contributed by atoms with Crippen LogP contribution in [0.5, 0.6) is 5.75 Å². The van der Waals surface area contributed by atoms with Gasteiger partial charge in [-0.25, -0.2) is 4.39 Å². The minimum Gasteiger partial charge on any atom is -0.491 e. The van der Waals surface area contributed by atoms with Crippen molar-refractivity contribution >= 4 is 11.6 Å². The average molecular weight is 308 g/mol. The van der Waals surface area contributed by atoms with Crippen LogP contribution in [0.15, 0.2) is 48.5 Å². The van der Waals surface area contributed by atoms with Gasteiger partial charge in [0.25, 0.3) is 0 Å². The standard InChI is InChI=1S/C17H19ClFNO/c18-16-5-1-3-14(11-16)7-9-20-13-15-4-2-6-17(12-15)21-10-8-19/h1-6,11-12,20H,7-10,13H2. The summed E-state index contributed by atoms with van der Waals surface area (Å²) in [6.07, 6.45) is 0.929. The first-order chi connectivity index (χ1) is 10.3. The fourth-order valence-electron chi connectivity index (χ4n) is 2.06. The van der Waals surface area contributed by atoms with Crippen LogP contribution in [0.3, 0.4) is 0 Å². The molecule has 0 saturated carbocycles. The minimum absolute atomic E-state index is 0.103. The highest BCUT2D eigenvalue weighted by atomic mass is 35.5. The molecule has 0 heterocycles. The Hall–Kier alpha value is -1.58. The molecule has 0 amide bonds. The Balaban J connectivity index is 1.75. The number of nitrogens with one attached hydrogen (secondary N) is 1. The van der Waals surface area contributed by atoms with Crippen molar-refractivity contribution in [3.05, 3.63) is 64.7 Å². The number of hydrogen-bond donors (Lipinski definition) is 1. The van der Waals surface area contributed by atoms with E-state index >= 15 is 0 Å². The first-order valence-electron chi connectivity index (χ1n) is 7.01. The van der Waals surface area contributed by atoms with Crippen LogP contribution in [0.1, 0.15) is 11.1 Å². The molecule has 0 atom stereocenters. The molecule has 0 saturated heterocycles. The van der Waals surface area contributed by atoms with Crippen molar-refractivity contribution in [1.82, 2.24) is 5.32 Å². The molecule has 0 aliphatic rings. The molecule has 0 aromatic heterocycles. The third-order valence-electron chi connectivity index (χ3n) is 3.05. The predicted molar refractivity (Wildman–Crippen MR) is 84.8 cm³/mol. The molecule has 0 radical (unpaired) electrons. The predicted octanol–water partition coefficient (Wildman–Crippen LogP) is 4.02. The molecule has 4 heteroatoms. The zero-order valence-corrected chi connectivity index (χ0v) is 12.6. The van der Waals surface area contributed by atoms with E-state index in [-0.39, 0.29) is 6.61 Å². The topological polar surface area (TPSA) is 21.3 Å². The third-order valence-corrected chi connectivity index (χ3v) is 3.29. The highest BCUT2D eigenvalue weighted by Gasteiger charge is 1.98. The molecule has 0 aliphatic heterocycles. The quantitative estimate of drug-likeness (QED) is 0.744. The van der Waals surface area contributed by atoms with Crippen molar-refractivity contribution in [3.8, 4) is 5.75 Å². The lowest BCUT2D eigenvalue weighted by molar-refractivity contribution is 0.273. The summed E-state index contributed by atoms with van der Waals surface area (Å²) in [4.78, 5) is 0. The monoisotopic (exact) mass is 307 g/mol. The normalized spacial score (nSPS) is 10.6. The molecule has 0 bridgehead atoms. The van der Waals surface area contributed by atoms with Gasteiger partial charge < -0.3 is 10.1 Å². The fraction of sp³-hybridized carbons (Fsp3) is 0.294. The molecular weight excluding hydrogens is 289 g/mol. The molecular formula is C17H19ClFNO.